The average Bonchev–Trinajstić information content (AvgIpc) is 3.05. The largest absolute Gasteiger partial charge is 0.466 e. The van der Waals surface area contributed by atoms with Gasteiger partial charge in [0, 0.05) is 11.8 Å². The molecule has 4 aliphatic rings. The highest BCUT2D eigenvalue weighted by molar-refractivity contribution is 5.69. The number of hydrogen-bond acceptors (Lipinski definition) is 3. The van der Waals surface area contributed by atoms with E-state index in [1.165, 1.54) is 38.5 Å². The molecule has 8 atom stereocenters. The van der Waals surface area contributed by atoms with E-state index in [1.807, 2.05) is 6.92 Å². The van der Waals surface area contributed by atoms with Crippen molar-refractivity contribution in [2.24, 2.45) is 40.4 Å². The minimum atomic E-state index is -0.152. The maximum Gasteiger partial charge on any atom is 0.305 e. The third kappa shape index (κ3) is 3.40. The van der Waals surface area contributed by atoms with Crippen molar-refractivity contribution >= 4 is 5.97 Å². The van der Waals surface area contributed by atoms with Gasteiger partial charge in [0.15, 0.2) is 0 Å². The Morgan fingerprint density at radius 3 is 2.79 bits per heavy atom. The first kappa shape index (κ1) is 21.4. The van der Waals surface area contributed by atoms with Gasteiger partial charge in [-0.2, -0.15) is 0 Å². The summed E-state index contributed by atoms with van der Waals surface area (Å²) in [7, 11) is 0. The molecule has 0 radical (unpaired) electrons. The summed E-state index contributed by atoms with van der Waals surface area (Å²) < 4.78 is 5.16. The Morgan fingerprint density at radius 2 is 2.03 bits per heavy atom. The van der Waals surface area contributed by atoms with E-state index in [0.29, 0.717) is 30.3 Å². The van der Waals surface area contributed by atoms with Crippen LogP contribution in [0.15, 0.2) is 11.6 Å². The number of ether oxygens (including phenoxy) is 1. The van der Waals surface area contributed by atoms with Gasteiger partial charge >= 0.3 is 5.97 Å². The van der Waals surface area contributed by atoms with Crippen LogP contribution in [-0.2, 0) is 9.53 Å². The number of carbonyl (C=O) groups excluding carboxylic acids is 1. The minimum absolute atomic E-state index is 0.0239. The van der Waals surface area contributed by atoms with Crippen LogP contribution in [0.2, 0.25) is 0 Å². The maximum absolute atomic E-state index is 11.9. The fourth-order valence-electron chi connectivity index (χ4n) is 8.47. The molecule has 0 aromatic carbocycles. The second kappa shape index (κ2) is 8.02. The number of fused-ring (bicyclic) bond motifs is 5. The van der Waals surface area contributed by atoms with Crippen LogP contribution in [0, 0.1) is 40.4 Å². The molecule has 3 saturated carbocycles. The quantitative estimate of drug-likeness (QED) is 0.459. The molecular weight excluding hydrogens is 360 g/mol. The molecule has 3 nitrogen and oxygen atoms in total. The van der Waals surface area contributed by atoms with Crippen LogP contribution in [0.5, 0.6) is 0 Å². The molecule has 3 fully saturated rings. The predicted molar refractivity (Wildman–Crippen MR) is 116 cm³/mol. The molecule has 0 aliphatic heterocycles. The van der Waals surface area contributed by atoms with Crippen molar-refractivity contribution in [1.82, 2.24) is 0 Å². The fraction of sp³-hybridized carbons (Fsp3) is 0.885. The van der Waals surface area contributed by atoms with Crippen LogP contribution in [-0.4, -0.2) is 23.8 Å². The third-order valence-electron chi connectivity index (χ3n) is 10.0. The summed E-state index contributed by atoms with van der Waals surface area (Å²) in [5.41, 5.74) is 1.99. The molecule has 0 unspecified atom stereocenters. The zero-order valence-corrected chi connectivity index (χ0v) is 19.1. The lowest BCUT2D eigenvalue weighted by Crippen LogP contribution is -2.54. The lowest BCUT2D eigenvalue weighted by Gasteiger charge is -2.59. The van der Waals surface area contributed by atoms with Gasteiger partial charge in [-0.15, -0.1) is 0 Å². The van der Waals surface area contributed by atoms with Gasteiger partial charge in [-0.3, -0.25) is 4.79 Å². The Morgan fingerprint density at radius 1 is 1.24 bits per heavy atom. The van der Waals surface area contributed by atoms with Crippen molar-refractivity contribution in [2.75, 3.05) is 6.61 Å². The zero-order valence-electron chi connectivity index (χ0n) is 19.1. The highest BCUT2D eigenvalue weighted by Crippen LogP contribution is 2.67. The van der Waals surface area contributed by atoms with Crippen molar-refractivity contribution in [3.8, 4) is 0 Å². The fourth-order valence-corrected chi connectivity index (χ4v) is 8.47. The second-order valence-corrected chi connectivity index (χ2v) is 11.1. The summed E-state index contributed by atoms with van der Waals surface area (Å²) >= 11 is 0. The van der Waals surface area contributed by atoms with Crippen LogP contribution in [0.25, 0.3) is 0 Å². The summed E-state index contributed by atoms with van der Waals surface area (Å²) in [6, 6.07) is 0. The van der Waals surface area contributed by atoms with E-state index in [4.69, 9.17) is 4.74 Å². The number of rotatable bonds is 5. The van der Waals surface area contributed by atoms with Crippen molar-refractivity contribution < 1.29 is 14.6 Å². The number of aliphatic hydroxyl groups is 1. The number of carbonyl (C=O) groups is 1. The first-order valence-electron chi connectivity index (χ1n) is 12.4. The summed E-state index contributed by atoms with van der Waals surface area (Å²) in [4.78, 5) is 11.9. The van der Waals surface area contributed by atoms with Gasteiger partial charge in [-0.05, 0) is 99.7 Å². The number of hydrogen-bond donors (Lipinski definition) is 1. The average molecular weight is 403 g/mol. The van der Waals surface area contributed by atoms with Gasteiger partial charge in [0.2, 0.25) is 0 Å². The van der Waals surface area contributed by atoms with E-state index in [1.54, 1.807) is 5.57 Å². The standard InChI is InChI=1S/C26H42O3/c1-5-29-24(28)14-9-17(2)20-12-13-21-19-11-10-18-7-6-8-23(27)26(18,4)22(19)15-16-25(20,21)3/h10,17,19-23,27H,5-9,11-16H2,1-4H3/t17-,19+,20-,21-,22+,23+,25+,26-/m0/s1. The van der Waals surface area contributed by atoms with E-state index in [-0.39, 0.29) is 17.5 Å². The zero-order chi connectivity index (χ0) is 20.8. The van der Waals surface area contributed by atoms with Gasteiger partial charge < -0.3 is 9.84 Å². The molecule has 0 bridgehead atoms. The summed E-state index contributed by atoms with van der Waals surface area (Å²) in [5, 5.41) is 11.0. The number of esters is 1. The Kier molecular flexibility index (Phi) is 5.92. The molecule has 0 spiro atoms. The van der Waals surface area contributed by atoms with Crippen molar-refractivity contribution in [2.45, 2.75) is 98.0 Å². The molecule has 1 N–H and O–H groups in total. The Hall–Kier alpha value is -0.830. The Balaban J connectivity index is 1.50. The lowest BCUT2D eigenvalue weighted by molar-refractivity contribution is -0.143. The van der Waals surface area contributed by atoms with E-state index in [0.717, 1.165) is 37.0 Å². The Bertz CT molecular complexity index is 654. The smallest absolute Gasteiger partial charge is 0.305 e. The molecule has 164 valence electrons. The van der Waals surface area contributed by atoms with Gasteiger partial charge in [0.1, 0.15) is 0 Å². The van der Waals surface area contributed by atoms with Crippen molar-refractivity contribution in [1.29, 1.82) is 0 Å². The van der Waals surface area contributed by atoms with Gasteiger partial charge in [0.05, 0.1) is 12.7 Å². The van der Waals surface area contributed by atoms with E-state index >= 15 is 0 Å². The maximum atomic E-state index is 11.9. The van der Waals surface area contributed by atoms with E-state index in [9.17, 15) is 9.90 Å². The van der Waals surface area contributed by atoms with Crippen LogP contribution in [0.4, 0.5) is 0 Å². The predicted octanol–water partition coefficient (Wildman–Crippen LogP) is 5.91. The van der Waals surface area contributed by atoms with Gasteiger partial charge in [-0.25, -0.2) is 0 Å². The summed E-state index contributed by atoms with van der Waals surface area (Å²) in [6.07, 6.45) is 13.7. The van der Waals surface area contributed by atoms with Crippen LogP contribution >= 0.6 is 0 Å². The third-order valence-corrected chi connectivity index (χ3v) is 10.0. The molecule has 0 aromatic heterocycles. The monoisotopic (exact) mass is 402 g/mol. The SMILES string of the molecule is CCOC(=O)CC[C@H](C)[C@@H]1CC[C@H]2[C@H]3CC=C4CCC[C@@H](O)[C@]4(C)[C@@H]3CC[C@@]21C. The van der Waals surface area contributed by atoms with E-state index in [2.05, 4.69) is 26.8 Å². The van der Waals surface area contributed by atoms with Crippen LogP contribution in [0.1, 0.15) is 91.9 Å². The van der Waals surface area contributed by atoms with Gasteiger partial charge in [0.25, 0.3) is 0 Å². The number of aliphatic hydroxyl groups excluding tert-OH is 1. The highest BCUT2D eigenvalue weighted by Gasteiger charge is 2.60. The lowest BCUT2D eigenvalue weighted by atomic mass is 9.46. The number of allylic oxidation sites excluding steroid dienone is 1. The molecule has 4 aliphatic carbocycles. The first-order chi connectivity index (χ1) is 13.8. The minimum Gasteiger partial charge on any atom is -0.466 e. The summed E-state index contributed by atoms with van der Waals surface area (Å²) in [5.74, 6) is 3.43. The second-order valence-electron chi connectivity index (χ2n) is 11.1. The highest BCUT2D eigenvalue weighted by atomic mass is 16.5. The van der Waals surface area contributed by atoms with Crippen LogP contribution in [0.3, 0.4) is 0 Å². The molecule has 4 rings (SSSR count). The molecule has 0 saturated heterocycles. The van der Waals surface area contributed by atoms with Gasteiger partial charge in [-0.1, -0.05) is 32.4 Å². The Labute approximate surface area is 177 Å². The molecule has 0 aromatic rings. The molecule has 0 amide bonds. The van der Waals surface area contributed by atoms with Crippen LogP contribution < -0.4 is 0 Å². The molecule has 3 heteroatoms. The summed E-state index contributed by atoms with van der Waals surface area (Å²) in [6.45, 7) is 9.69. The molecule has 0 heterocycles. The molecule has 29 heavy (non-hydrogen) atoms. The first-order valence-corrected chi connectivity index (χ1v) is 12.4. The van der Waals surface area contributed by atoms with Crippen molar-refractivity contribution in [3.63, 3.8) is 0 Å². The molecular formula is C26H42O3. The normalized spacial score (nSPS) is 44.9. The van der Waals surface area contributed by atoms with E-state index < -0.39 is 0 Å². The topological polar surface area (TPSA) is 46.5 Å². The van der Waals surface area contributed by atoms with Crippen molar-refractivity contribution in [3.05, 3.63) is 11.6 Å².